The van der Waals surface area contributed by atoms with Crippen molar-refractivity contribution in [1.29, 1.82) is 0 Å². The van der Waals surface area contributed by atoms with Crippen LogP contribution in [0.1, 0.15) is 93.1 Å². The zero-order valence-corrected chi connectivity index (χ0v) is 35.7. The van der Waals surface area contributed by atoms with E-state index in [0.717, 1.165) is 83.1 Å². The molecule has 2 fully saturated rings. The van der Waals surface area contributed by atoms with Gasteiger partial charge in [0.05, 0.1) is 23.9 Å². The molecule has 2 heterocycles. The average Bonchev–Trinajstić information content (AvgIpc) is 4.13. The summed E-state index contributed by atoms with van der Waals surface area (Å²) in [6.45, 7) is 9.55. The Morgan fingerprint density at radius 3 is 2.56 bits per heavy atom. The van der Waals surface area contributed by atoms with Gasteiger partial charge in [0, 0.05) is 49.3 Å². The van der Waals surface area contributed by atoms with E-state index in [2.05, 4.69) is 60.1 Å². The number of oxime groups is 1. The highest BCUT2D eigenvalue weighted by Crippen LogP contribution is 2.62. The number of rotatable bonds is 20. The van der Waals surface area contributed by atoms with Gasteiger partial charge in [0.1, 0.15) is 30.8 Å². The lowest BCUT2D eigenvalue weighted by atomic mass is 9.55. The summed E-state index contributed by atoms with van der Waals surface area (Å²) < 4.78 is 21.2. The number of pyridine rings is 1. The van der Waals surface area contributed by atoms with Gasteiger partial charge < -0.3 is 34.2 Å². The molecular formula is C51H61N3O7. The third-order valence-electron chi connectivity index (χ3n) is 13.1. The zero-order chi connectivity index (χ0) is 42.3. The van der Waals surface area contributed by atoms with E-state index in [-0.39, 0.29) is 55.3 Å². The monoisotopic (exact) mass is 827 g/mol. The molecule has 3 aromatic carbocycles. The fraction of sp³-hybridized carbons (Fsp3) is 0.471. The molecule has 0 bridgehead atoms. The Morgan fingerprint density at radius 1 is 1.00 bits per heavy atom. The van der Waals surface area contributed by atoms with E-state index >= 15 is 0 Å². The van der Waals surface area contributed by atoms with Crippen LogP contribution in [0.15, 0.2) is 108 Å². The van der Waals surface area contributed by atoms with Gasteiger partial charge in [-0.15, -0.1) is 6.58 Å². The SMILES string of the molecule is C=CCO[C@@]12Oc3ccc(OCc4cccc(C)n4)cc3[C@H]3[C@H](CCCCO)[C@@H](CCCCO)C=C(C(=NOCC)C[C@@H]1N(Cc1cccc4ccccc14)C(=O)C1CC1)[C@H]32. The fourth-order valence-electron chi connectivity index (χ4n) is 10.2. The predicted octanol–water partition coefficient (Wildman–Crippen LogP) is 9.21. The maximum atomic E-state index is 15.0. The molecule has 1 amide bonds. The van der Waals surface area contributed by atoms with Crippen molar-refractivity contribution in [3.05, 3.63) is 126 Å². The molecular weight excluding hydrogens is 767 g/mol. The van der Waals surface area contributed by atoms with Gasteiger partial charge in [-0.05, 0) is 116 Å². The van der Waals surface area contributed by atoms with Crippen molar-refractivity contribution in [2.75, 3.05) is 26.4 Å². The predicted molar refractivity (Wildman–Crippen MR) is 237 cm³/mol. The molecule has 0 radical (unpaired) electrons. The first-order valence-electron chi connectivity index (χ1n) is 22.4. The number of hydrogen-bond donors (Lipinski definition) is 2. The van der Waals surface area contributed by atoms with Crippen LogP contribution in [0.5, 0.6) is 11.5 Å². The first-order chi connectivity index (χ1) is 29.9. The Labute approximate surface area is 360 Å². The van der Waals surface area contributed by atoms with E-state index in [1.54, 1.807) is 6.08 Å². The molecule has 6 atom stereocenters. The molecule has 3 aliphatic carbocycles. The van der Waals surface area contributed by atoms with Crippen molar-refractivity contribution >= 4 is 22.4 Å². The minimum atomic E-state index is -1.32. The molecule has 1 aromatic heterocycles. The van der Waals surface area contributed by atoms with Gasteiger partial charge in [-0.25, -0.2) is 0 Å². The summed E-state index contributed by atoms with van der Waals surface area (Å²) in [5.74, 6) is -0.167. The van der Waals surface area contributed by atoms with Crippen LogP contribution in [0.2, 0.25) is 0 Å². The number of aryl methyl sites for hydroxylation is 1. The van der Waals surface area contributed by atoms with E-state index in [1.165, 1.54) is 0 Å². The number of nitrogens with zero attached hydrogens (tertiary/aromatic N) is 3. The van der Waals surface area contributed by atoms with Crippen LogP contribution in [0.25, 0.3) is 10.8 Å². The van der Waals surface area contributed by atoms with Crippen molar-refractivity contribution in [2.45, 2.75) is 103 Å². The molecule has 4 aliphatic rings. The number of amides is 1. The maximum Gasteiger partial charge on any atom is 0.239 e. The topological polar surface area (TPSA) is 123 Å². The molecule has 61 heavy (non-hydrogen) atoms. The Hall–Kier alpha value is -5.03. The normalized spacial score (nSPS) is 24.6. The molecule has 2 N–H and O–H groups in total. The highest BCUT2D eigenvalue weighted by atomic mass is 16.7. The Morgan fingerprint density at radius 2 is 1.79 bits per heavy atom. The third-order valence-corrected chi connectivity index (χ3v) is 13.1. The van der Waals surface area contributed by atoms with Crippen molar-refractivity contribution in [1.82, 2.24) is 9.88 Å². The molecule has 10 heteroatoms. The Bertz CT molecular complexity index is 2230. The number of ether oxygens (including phenoxy) is 3. The van der Waals surface area contributed by atoms with Crippen LogP contribution in [0, 0.1) is 30.6 Å². The van der Waals surface area contributed by atoms with E-state index in [9.17, 15) is 15.0 Å². The lowest BCUT2D eigenvalue weighted by molar-refractivity contribution is -0.258. The Balaban J connectivity index is 1.32. The van der Waals surface area contributed by atoms with Crippen LogP contribution in [0.3, 0.4) is 0 Å². The second-order valence-electron chi connectivity index (χ2n) is 17.1. The lowest BCUT2D eigenvalue weighted by Crippen LogP contribution is -2.70. The number of aliphatic hydroxyl groups excluding tert-OH is 2. The number of aliphatic hydroxyl groups is 2. The highest BCUT2D eigenvalue weighted by Gasteiger charge is 2.66. The maximum absolute atomic E-state index is 15.0. The zero-order valence-electron chi connectivity index (χ0n) is 35.7. The second-order valence-corrected chi connectivity index (χ2v) is 17.1. The van der Waals surface area contributed by atoms with Gasteiger partial charge in [0.2, 0.25) is 11.7 Å². The summed E-state index contributed by atoms with van der Waals surface area (Å²) >= 11 is 0. The molecule has 1 aliphatic heterocycles. The van der Waals surface area contributed by atoms with Crippen LogP contribution in [0.4, 0.5) is 0 Å². The highest BCUT2D eigenvalue weighted by molar-refractivity contribution is 6.03. The number of unbranched alkanes of at least 4 members (excludes halogenated alkanes) is 2. The molecule has 0 spiro atoms. The summed E-state index contributed by atoms with van der Waals surface area (Å²) in [6, 6.07) is 26.1. The quantitative estimate of drug-likeness (QED) is 0.0514. The number of benzene rings is 3. The number of hydrogen-bond acceptors (Lipinski definition) is 9. The first kappa shape index (κ1) is 42.7. The van der Waals surface area contributed by atoms with Crippen molar-refractivity contribution in [3.8, 4) is 11.5 Å². The summed E-state index contributed by atoms with van der Waals surface area (Å²) in [6.07, 6.45) is 11.1. The standard InChI is InChI=1S/C51H61N3O7/c1-4-28-59-51-47(54(50(57)36-22-23-36)32-38-18-13-17-35-15-6-7-20-41(35)38)31-45(53-60-5-2)43-29-37(16-8-10-26-55)42(21-9-11-27-56)48(49(43)51)44-30-40(24-25-46(44)61-51)58-33-39-19-12-14-34(3)52-39/h4,6-7,12-15,17-20,24-25,29-30,36-37,42,47-49,55-56H,1,5,8-11,16,21-23,26-28,31-33H2,2-3H3/t37-,42+,47-,48+,49+,51+/m0/s1. The smallest absolute Gasteiger partial charge is 0.239 e. The van der Waals surface area contributed by atoms with Crippen LogP contribution in [-0.4, -0.2) is 70.0 Å². The first-order valence-corrected chi connectivity index (χ1v) is 22.4. The minimum absolute atomic E-state index is 0.0709. The molecule has 0 unspecified atom stereocenters. The van der Waals surface area contributed by atoms with Crippen molar-refractivity contribution in [3.63, 3.8) is 0 Å². The summed E-state index contributed by atoms with van der Waals surface area (Å²) in [4.78, 5) is 27.7. The van der Waals surface area contributed by atoms with Crippen molar-refractivity contribution in [2.24, 2.45) is 28.8 Å². The minimum Gasteiger partial charge on any atom is -0.487 e. The van der Waals surface area contributed by atoms with E-state index in [0.29, 0.717) is 50.5 Å². The van der Waals surface area contributed by atoms with Crippen molar-refractivity contribution < 1.29 is 34.1 Å². The van der Waals surface area contributed by atoms with Crippen LogP contribution >= 0.6 is 0 Å². The van der Waals surface area contributed by atoms with E-state index in [4.69, 9.17) is 24.2 Å². The number of fused-ring (bicyclic) bond motifs is 3. The third kappa shape index (κ3) is 8.99. The summed E-state index contributed by atoms with van der Waals surface area (Å²) in [5.41, 5.74) is 5.69. The van der Waals surface area contributed by atoms with E-state index < -0.39 is 11.8 Å². The van der Waals surface area contributed by atoms with Gasteiger partial charge in [0.25, 0.3) is 0 Å². The average molecular weight is 828 g/mol. The number of carbonyl (C=O) groups is 1. The molecule has 4 aromatic rings. The lowest BCUT2D eigenvalue weighted by Gasteiger charge is -2.60. The number of allylic oxidation sites excluding steroid dienone is 1. The van der Waals surface area contributed by atoms with Gasteiger partial charge >= 0.3 is 0 Å². The molecule has 322 valence electrons. The van der Waals surface area contributed by atoms with Gasteiger partial charge in [-0.1, -0.05) is 78.7 Å². The largest absolute Gasteiger partial charge is 0.487 e. The van der Waals surface area contributed by atoms with Gasteiger partial charge in [-0.3, -0.25) is 9.78 Å². The molecule has 2 saturated carbocycles. The molecule has 10 nitrogen and oxygen atoms in total. The molecule has 8 rings (SSSR count). The number of aromatic nitrogens is 1. The number of carbonyl (C=O) groups excluding carboxylic acids is 1. The van der Waals surface area contributed by atoms with Crippen LogP contribution < -0.4 is 9.47 Å². The van der Waals surface area contributed by atoms with Gasteiger partial charge in [-0.2, -0.15) is 0 Å². The van der Waals surface area contributed by atoms with Gasteiger partial charge in [0.15, 0.2) is 0 Å². The van der Waals surface area contributed by atoms with Crippen LogP contribution in [-0.2, 0) is 27.5 Å². The summed E-state index contributed by atoms with van der Waals surface area (Å²) in [5, 5.41) is 27.0. The summed E-state index contributed by atoms with van der Waals surface area (Å²) in [7, 11) is 0. The second kappa shape index (κ2) is 19.3. The Kier molecular flexibility index (Phi) is 13.5. The molecule has 0 saturated heterocycles. The fourth-order valence-corrected chi connectivity index (χ4v) is 10.2. The van der Waals surface area contributed by atoms with E-state index in [1.807, 2.05) is 55.1 Å².